The fraction of sp³-hybridized carbons (Fsp3) is 0.0870. The van der Waals surface area contributed by atoms with Crippen LogP contribution in [0.1, 0.15) is 29.8 Å². The average molecular weight is 353 g/mol. The van der Waals surface area contributed by atoms with Crippen molar-refractivity contribution in [3.8, 4) is 0 Å². The van der Waals surface area contributed by atoms with Gasteiger partial charge in [-0.2, -0.15) is 5.10 Å². The summed E-state index contributed by atoms with van der Waals surface area (Å²) in [5.41, 5.74) is 4.32. The predicted molar refractivity (Wildman–Crippen MR) is 108 cm³/mol. The number of rotatable bonds is 3. The van der Waals surface area contributed by atoms with Gasteiger partial charge < -0.3 is 0 Å². The first kappa shape index (κ1) is 16.9. The summed E-state index contributed by atoms with van der Waals surface area (Å²) in [7, 11) is 0. The van der Waals surface area contributed by atoms with Crippen molar-refractivity contribution in [2.75, 3.05) is 0 Å². The van der Waals surface area contributed by atoms with E-state index in [1.54, 1.807) is 0 Å². The molecule has 0 saturated heterocycles. The third kappa shape index (κ3) is 3.42. The molecule has 1 aliphatic heterocycles. The monoisotopic (exact) mass is 353 g/mol. The highest BCUT2D eigenvalue weighted by molar-refractivity contribution is 6.53. The van der Waals surface area contributed by atoms with E-state index in [9.17, 15) is 4.79 Å². The number of aliphatic imine (C=N–C) groups is 1. The molecule has 3 aromatic carbocycles. The van der Waals surface area contributed by atoms with Crippen LogP contribution in [0, 0.1) is 0 Å². The molecule has 4 nitrogen and oxygen atoms in total. The van der Waals surface area contributed by atoms with Crippen molar-refractivity contribution in [3.05, 3.63) is 108 Å². The molecule has 1 aliphatic rings. The van der Waals surface area contributed by atoms with Gasteiger partial charge in [-0.25, -0.2) is 5.01 Å². The molecule has 1 atom stereocenters. The van der Waals surface area contributed by atoms with Crippen molar-refractivity contribution in [3.63, 3.8) is 0 Å². The van der Waals surface area contributed by atoms with Gasteiger partial charge in [-0.3, -0.25) is 9.79 Å². The molecular formula is C23H19N3O. The predicted octanol–water partition coefficient (Wildman–Crippen LogP) is 4.44. The minimum atomic E-state index is -0.480. The van der Waals surface area contributed by atoms with Gasteiger partial charge >= 0.3 is 0 Å². The summed E-state index contributed by atoms with van der Waals surface area (Å²) in [6, 6.07) is 29.6. The molecule has 0 N–H and O–H groups in total. The second-order valence-electron chi connectivity index (χ2n) is 6.31. The molecule has 0 spiro atoms. The van der Waals surface area contributed by atoms with Gasteiger partial charge in [0.1, 0.15) is 5.71 Å². The van der Waals surface area contributed by atoms with Crippen LogP contribution < -0.4 is 0 Å². The smallest absolute Gasteiger partial charge is 0.241 e. The van der Waals surface area contributed by atoms with Gasteiger partial charge in [-0.05, 0) is 5.56 Å². The third-order valence-corrected chi connectivity index (χ3v) is 4.43. The molecule has 0 bridgehead atoms. The van der Waals surface area contributed by atoms with Gasteiger partial charge in [0.25, 0.3) is 0 Å². The molecule has 0 saturated carbocycles. The molecule has 4 rings (SSSR count). The number of benzene rings is 3. The van der Waals surface area contributed by atoms with E-state index in [-0.39, 0.29) is 5.91 Å². The van der Waals surface area contributed by atoms with Gasteiger partial charge in [0.05, 0.1) is 5.71 Å². The van der Waals surface area contributed by atoms with Crippen LogP contribution in [0.3, 0.4) is 0 Å². The molecule has 0 fully saturated rings. The first-order chi connectivity index (χ1) is 13.2. The summed E-state index contributed by atoms with van der Waals surface area (Å²) in [4.78, 5) is 17.3. The Kier molecular flexibility index (Phi) is 4.62. The first-order valence-corrected chi connectivity index (χ1v) is 8.86. The lowest BCUT2D eigenvalue weighted by Gasteiger charge is -2.30. The fourth-order valence-electron chi connectivity index (χ4n) is 3.13. The van der Waals surface area contributed by atoms with Crippen molar-refractivity contribution < 1.29 is 4.79 Å². The lowest BCUT2D eigenvalue weighted by molar-refractivity contribution is -0.131. The van der Waals surface area contributed by atoms with Gasteiger partial charge in [-0.15, -0.1) is 0 Å². The number of hydrogen-bond acceptors (Lipinski definition) is 3. The minimum absolute atomic E-state index is 0.145. The summed E-state index contributed by atoms with van der Waals surface area (Å²) in [6.07, 6.45) is -0.480. The molecular weight excluding hydrogens is 334 g/mol. The maximum Gasteiger partial charge on any atom is 0.241 e. The van der Waals surface area contributed by atoms with E-state index in [4.69, 9.17) is 10.1 Å². The zero-order chi connectivity index (χ0) is 18.6. The topological polar surface area (TPSA) is 45.0 Å². The highest BCUT2D eigenvalue weighted by Crippen LogP contribution is 2.29. The molecule has 1 amide bonds. The minimum Gasteiger partial charge on any atom is -0.273 e. The SMILES string of the molecule is CC(=O)N1N=C(c2ccccc2)C(c2ccccc2)=NC1c1ccccc1. The van der Waals surface area contributed by atoms with Crippen LogP contribution >= 0.6 is 0 Å². The molecule has 132 valence electrons. The maximum absolute atomic E-state index is 12.4. The van der Waals surface area contributed by atoms with E-state index in [2.05, 4.69) is 0 Å². The average Bonchev–Trinajstić information content (AvgIpc) is 2.74. The van der Waals surface area contributed by atoms with Crippen LogP contribution in [0.25, 0.3) is 0 Å². The zero-order valence-electron chi connectivity index (χ0n) is 15.0. The van der Waals surface area contributed by atoms with E-state index >= 15 is 0 Å². The number of hydrogen-bond donors (Lipinski definition) is 0. The molecule has 3 aromatic rings. The summed E-state index contributed by atoms with van der Waals surface area (Å²) in [5, 5.41) is 6.20. The number of carbonyl (C=O) groups is 1. The van der Waals surface area contributed by atoms with Crippen LogP contribution in [-0.4, -0.2) is 22.3 Å². The summed E-state index contributed by atoms with van der Waals surface area (Å²) < 4.78 is 0. The van der Waals surface area contributed by atoms with Crippen molar-refractivity contribution in [1.29, 1.82) is 0 Å². The molecule has 0 aromatic heterocycles. The van der Waals surface area contributed by atoms with Crippen LogP contribution in [0.4, 0.5) is 0 Å². The lowest BCUT2D eigenvalue weighted by Crippen LogP contribution is -2.36. The van der Waals surface area contributed by atoms with Crippen LogP contribution in [0.15, 0.2) is 101 Å². The van der Waals surface area contributed by atoms with E-state index in [1.807, 2.05) is 91.0 Å². The van der Waals surface area contributed by atoms with E-state index in [1.165, 1.54) is 11.9 Å². The van der Waals surface area contributed by atoms with Gasteiger partial charge in [0.2, 0.25) is 5.91 Å². The van der Waals surface area contributed by atoms with Crippen LogP contribution in [-0.2, 0) is 4.79 Å². The lowest BCUT2D eigenvalue weighted by atomic mass is 9.98. The van der Waals surface area contributed by atoms with Crippen molar-refractivity contribution in [2.24, 2.45) is 10.1 Å². The normalized spacial score (nSPS) is 16.5. The summed E-state index contributed by atoms with van der Waals surface area (Å²) in [6.45, 7) is 1.52. The Morgan fingerprint density at radius 1 is 0.741 bits per heavy atom. The van der Waals surface area contributed by atoms with Crippen LogP contribution in [0.5, 0.6) is 0 Å². The quantitative estimate of drug-likeness (QED) is 0.686. The molecule has 0 radical (unpaired) electrons. The molecule has 27 heavy (non-hydrogen) atoms. The second kappa shape index (κ2) is 7.38. The Balaban J connectivity index is 1.90. The highest BCUT2D eigenvalue weighted by atomic mass is 16.2. The molecule has 1 unspecified atom stereocenters. The molecule has 1 heterocycles. The van der Waals surface area contributed by atoms with Crippen LogP contribution in [0.2, 0.25) is 0 Å². The van der Waals surface area contributed by atoms with Gasteiger partial charge in [0, 0.05) is 18.1 Å². The van der Waals surface area contributed by atoms with Gasteiger partial charge in [-0.1, -0.05) is 91.0 Å². The zero-order valence-corrected chi connectivity index (χ0v) is 15.0. The standard InChI is InChI=1S/C23H19N3O/c1-17(27)26-23(20-15-9-4-10-16-20)24-21(18-11-5-2-6-12-18)22(25-26)19-13-7-3-8-14-19/h2-16,23H,1H3. The Hall–Kier alpha value is -3.53. The Bertz CT molecular complexity index is 996. The number of nitrogens with zero attached hydrogens (tertiary/aromatic N) is 3. The first-order valence-electron chi connectivity index (χ1n) is 8.86. The maximum atomic E-state index is 12.4. The summed E-state index contributed by atoms with van der Waals surface area (Å²) >= 11 is 0. The largest absolute Gasteiger partial charge is 0.273 e. The summed E-state index contributed by atoms with van der Waals surface area (Å²) in [5.74, 6) is -0.145. The number of carbonyl (C=O) groups excluding carboxylic acids is 1. The molecule has 0 aliphatic carbocycles. The number of amides is 1. The number of hydrazone groups is 1. The fourth-order valence-corrected chi connectivity index (χ4v) is 3.13. The van der Waals surface area contributed by atoms with Crippen molar-refractivity contribution in [1.82, 2.24) is 5.01 Å². The highest BCUT2D eigenvalue weighted by Gasteiger charge is 2.30. The van der Waals surface area contributed by atoms with Crippen molar-refractivity contribution >= 4 is 17.3 Å². The Labute approximate surface area is 158 Å². The van der Waals surface area contributed by atoms with Gasteiger partial charge in [0.15, 0.2) is 6.17 Å². The van der Waals surface area contributed by atoms with E-state index < -0.39 is 6.17 Å². The Morgan fingerprint density at radius 2 is 1.22 bits per heavy atom. The third-order valence-electron chi connectivity index (χ3n) is 4.43. The second-order valence-corrected chi connectivity index (χ2v) is 6.31. The Morgan fingerprint density at radius 3 is 1.74 bits per heavy atom. The van der Waals surface area contributed by atoms with Crippen molar-refractivity contribution in [2.45, 2.75) is 13.1 Å². The van der Waals surface area contributed by atoms with E-state index in [0.717, 1.165) is 22.4 Å². The molecule has 4 heteroatoms. The van der Waals surface area contributed by atoms with E-state index in [0.29, 0.717) is 5.71 Å².